The van der Waals surface area contributed by atoms with Crippen molar-refractivity contribution < 1.29 is 4.79 Å². The summed E-state index contributed by atoms with van der Waals surface area (Å²) in [6, 6.07) is 0. The second-order valence-electron chi connectivity index (χ2n) is 7.12. The van der Waals surface area contributed by atoms with Crippen LogP contribution in [0.25, 0.3) is 0 Å². The monoisotopic (exact) mass is 281 g/mol. The van der Waals surface area contributed by atoms with Crippen molar-refractivity contribution in [2.45, 2.75) is 45.6 Å². The van der Waals surface area contributed by atoms with Crippen LogP contribution in [0.15, 0.2) is 0 Å². The van der Waals surface area contributed by atoms with Crippen molar-refractivity contribution in [1.82, 2.24) is 14.7 Å². The SMILES string of the molecule is CC(=O)N1CCC(CC(C)C)(N2CCN(C)CC2)CC1. The first-order chi connectivity index (χ1) is 9.43. The highest BCUT2D eigenvalue weighted by Crippen LogP contribution is 2.35. The van der Waals surface area contributed by atoms with Gasteiger partial charge in [-0.2, -0.15) is 0 Å². The maximum Gasteiger partial charge on any atom is 0.219 e. The molecule has 4 heteroatoms. The predicted octanol–water partition coefficient (Wildman–Crippen LogP) is 1.66. The summed E-state index contributed by atoms with van der Waals surface area (Å²) in [6.45, 7) is 13.0. The summed E-state index contributed by atoms with van der Waals surface area (Å²) >= 11 is 0. The topological polar surface area (TPSA) is 26.8 Å². The Kier molecular flexibility index (Phi) is 5.08. The molecule has 116 valence electrons. The van der Waals surface area contributed by atoms with Crippen LogP contribution in [0.2, 0.25) is 0 Å². The average molecular weight is 281 g/mol. The van der Waals surface area contributed by atoms with Gasteiger partial charge >= 0.3 is 0 Å². The minimum absolute atomic E-state index is 0.238. The van der Waals surface area contributed by atoms with Gasteiger partial charge in [-0.1, -0.05) is 13.8 Å². The van der Waals surface area contributed by atoms with E-state index < -0.39 is 0 Å². The lowest BCUT2D eigenvalue weighted by Gasteiger charge is -2.52. The van der Waals surface area contributed by atoms with Gasteiger partial charge in [-0.05, 0) is 32.2 Å². The maximum atomic E-state index is 11.6. The number of carbonyl (C=O) groups excluding carboxylic acids is 1. The van der Waals surface area contributed by atoms with Crippen molar-refractivity contribution >= 4 is 5.91 Å². The Bertz CT molecular complexity index is 327. The smallest absolute Gasteiger partial charge is 0.219 e. The summed E-state index contributed by atoms with van der Waals surface area (Å²) in [4.78, 5) is 18.7. The lowest BCUT2D eigenvalue weighted by molar-refractivity contribution is -0.132. The van der Waals surface area contributed by atoms with Crippen molar-refractivity contribution in [3.05, 3.63) is 0 Å². The van der Waals surface area contributed by atoms with Crippen molar-refractivity contribution in [3.8, 4) is 0 Å². The molecular formula is C16H31N3O. The van der Waals surface area contributed by atoms with Crippen LogP contribution in [-0.4, -0.2) is 72.5 Å². The molecule has 2 rings (SSSR count). The number of likely N-dealkylation sites (tertiary alicyclic amines) is 1. The molecule has 2 heterocycles. The van der Waals surface area contributed by atoms with Gasteiger partial charge in [0.25, 0.3) is 0 Å². The second-order valence-corrected chi connectivity index (χ2v) is 7.12. The van der Waals surface area contributed by atoms with Gasteiger partial charge in [0.05, 0.1) is 0 Å². The normalized spacial score (nSPS) is 25.1. The van der Waals surface area contributed by atoms with Crippen molar-refractivity contribution in [1.29, 1.82) is 0 Å². The van der Waals surface area contributed by atoms with Crippen molar-refractivity contribution in [3.63, 3.8) is 0 Å². The number of amides is 1. The van der Waals surface area contributed by atoms with Crippen LogP contribution >= 0.6 is 0 Å². The summed E-state index contributed by atoms with van der Waals surface area (Å²) in [5.41, 5.74) is 0.335. The molecule has 0 aromatic carbocycles. The van der Waals surface area contributed by atoms with E-state index in [1.165, 1.54) is 32.6 Å². The number of nitrogens with zero attached hydrogens (tertiary/aromatic N) is 3. The molecule has 0 aliphatic carbocycles. The highest BCUT2D eigenvalue weighted by Gasteiger charge is 2.41. The van der Waals surface area contributed by atoms with Gasteiger partial charge in [0, 0.05) is 51.7 Å². The van der Waals surface area contributed by atoms with E-state index in [1.54, 1.807) is 6.92 Å². The predicted molar refractivity (Wildman–Crippen MR) is 82.7 cm³/mol. The van der Waals surface area contributed by atoms with E-state index in [0.717, 1.165) is 31.8 Å². The minimum atomic E-state index is 0.238. The van der Waals surface area contributed by atoms with E-state index in [1.807, 2.05) is 4.90 Å². The van der Waals surface area contributed by atoms with Crippen LogP contribution in [0.1, 0.15) is 40.0 Å². The standard InChI is InChI=1S/C16H31N3O/c1-14(2)13-16(19-11-9-17(4)10-12-19)5-7-18(8-6-16)15(3)20/h14H,5-13H2,1-4H3. The molecule has 0 saturated carbocycles. The van der Waals surface area contributed by atoms with Crippen LogP contribution in [0.5, 0.6) is 0 Å². The molecule has 0 spiro atoms. The maximum absolute atomic E-state index is 11.6. The van der Waals surface area contributed by atoms with Crippen LogP contribution in [0, 0.1) is 5.92 Å². The van der Waals surface area contributed by atoms with Gasteiger partial charge in [-0.25, -0.2) is 0 Å². The molecule has 2 aliphatic rings. The first-order valence-corrected chi connectivity index (χ1v) is 8.12. The molecule has 0 atom stereocenters. The van der Waals surface area contributed by atoms with E-state index in [-0.39, 0.29) is 5.91 Å². The molecule has 0 N–H and O–H groups in total. The highest BCUT2D eigenvalue weighted by atomic mass is 16.2. The summed E-state index contributed by atoms with van der Waals surface area (Å²) in [5, 5.41) is 0. The fourth-order valence-corrected chi connectivity index (χ4v) is 3.93. The lowest BCUT2D eigenvalue weighted by atomic mass is 9.78. The van der Waals surface area contributed by atoms with Crippen LogP contribution < -0.4 is 0 Å². The first-order valence-electron chi connectivity index (χ1n) is 8.12. The third-order valence-electron chi connectivity index (χ3n) is 5.10. The zero-order valence-corrected chi connectivity index (χ0v) is 13.7. The van der Waals surface area contributed by atoms with E-state index >= 15 is 0 Å². The van der Waals surface area contributed by atoms with Gasteiger partial charge in [-0.3, -0.25) is 9.69 Å². The molecule has 0 radical (unpaired) electrons. The van der Waals surface area contributed by atoms with Crippen molar-refractivity contribution in [2.75, 3.05) is 46.3 Å². The van der Waals surface area contributed by atoms with Gasteiger partial charge in [-0.15, -0.1) is 0 Å². The van der Waals surface area contributed by atoms with E-state index in [9.17, 15) is 4.79 Å². The number of piperazine rings is 1. The molecule has 0 bridgehead atoms. The summed E-state index contributed by atoms with van der Waals surface area (Å²) in [7, 11) is 2.21. The zero-order valence-electron chi connectivity index (χ0n) is 13.7. The number of rotatable bonds is 3. The molecule has 1 amide bonds. The van der Waals surface area contributed by atoms with Gasteiger partial charge < -0.3 is 9.80 Å². The van der Waals surface area contributed by atoms with E-state index in [2.05, 4.69) is 30.7 Å². The first kappa shape index (κ1) is 15.8. The minimum Gasteiger partial charge on any atom is -0.343 e. The van der Waals surface area contributed by atoms with Gasteiger partial charge in [0.2, 0.25) is 5.91 Å². The number of hydrogen-bond acceptors (Lipinski definition) is 3. The van der Waals surface area contributed by atoms with Crippen LogP contribution in [-0.2, 0) is 4.79 Å². The molecule has 2 aliphatic heterocycles. The molecular weight excluding hydrogens is 250 g/mol. The second kappa shape index (κ2) is 6.44. The Morgan fingerprint density at radius 3 is 2.05 bits per heavy atom. The largest absolute Gasteiger partial charge is 0.343 e. The van der Waals surface area contributed by atoms with Crippen LogP contribution in [0.4, 0.5) is 0 Å². The van der Waals surface area contributed by atoms with Gasteiger partial charge in [0.15, 0.2) is 0 Å². The van der Waals surface area contributed by atoms with Gasteiger partial charge in [0.1, 0.15) is 0 Å². The molecule has 0 aromatic rings. The molecule has 2 fully saturated rings. The molecule has 2 saturated heterocycles. The van der Waals surface area contributed by atoms with E-state index in [4.69, 9.17) is 0 Å². The zero-order chi connectivity index (χ0) is 14.8. The third kappa shape index (κ3) is 3.53. The molecule has 4 nitrogen and oxygen atoms in total. The number of hydrogen-bond donors (Lipinski definition) is 0. The Hall–Kier alpha value is -0.610. The molecule has 0 aromatic heterocycles. The van der Waals surface area contributed by atoms with Crippen LogP contribution in [0.3, 0.4) is 0 Å². The molecule has 20 heavy (non-hydrogen) atoms. The third-order valence-corrected chi connectivity index (χ3v) is 5.10. The fraction of sp³-hybridized carbons (Fsp3) is 0.938. The highest BCUT2D eigenvalue weighted by molar-refractivity contribution is 5.73. The number of likely N-dealkylation sites (N-methyl/N-ethyl adjacent to an activating group) is 1. The summed E-state index contributed by atoms with van der Waals surface area (Å²) in [6.07, 6.45) is 3.56. The Morgan fingerprint density at radius 2 is 1.60 bits per heavy atom. The van der Waals surface area contributed by atoms with E-state index in [0.29, 0.717) is 5.54 Å². The Morgan fingerprint density at radius 1 is 1.05 bits per heavy atom. The number of carbonyl (C=O) groups is 1. The molecule has 0 unspecified atom stereocenters. The summed E-state index contributed by atoms with van der Waals surface area (Å²) < 4.78 is 0. The lowest BCUT2D eigenvalue weighted by Crippen LogP contribution is -2.61. The Balaban J connectivity index is 2.05. The number of piperidine rings is 1. The quantitative estimate of drug-likeness (QED) is 0.787. The average Bonchev–Trinajstić information content (AvgIpc) is 2.39. The summed E-state index contributed by atoms with van der Waals surface area (Å²) in [5.74, 6) is 0.958. The Labute approximate surface area is 124 Å². The fourth-order valence-electron chi connectivity index (χ4n) is 3.93. The van der Waals surface area contributed by atoms with Crippen molar-refractivity contribution in [2.24, 2.45) is 5.92 Å².